The average Bonchev–Trinajstić information content (AvgIpc) is 2.35. The zero-order valence-corrected chi connectivity index (χ0v) is 11.4. The van der Waals surface area contributed by atoms with E-state index < -0.39 is 14.9 Å². The number of rotatable bonds is 8. The van der Waals surface area contributed by atoms with Gasteiger partial charge >= 0.3 is 0 Å². The molecule has 0 bridgehead atoms. The van der Waals surface area contributed by atoms with Gasteiger partial charge in [0.2, 0.25) is 10.0 Å². The maximum Gasteiger partial charge on any atom is 0.269 e. The van der Waals surface area contributed by atoms with Crippen LogP contribution in [0.5, 0.6) is 0 Å². The Kier molecular flexibility index (Phi) is 5.87. The maximum absolute atomic E-state index is 11.7. The fourth-order valence-electron chi connectivity index (χ4n) is 1.48. The molecule has 1 aromatic rings. The molecule has 2 N–H and O–H groups in total. The summed E-state index contributed by atoms with van der Waals surface area (Å²) in [5.74, 6) is -0.176. The summed E-state index contributed by atoms with van der Waals surface area (Å²) in [5, 5.41) is 13.4. The molecule has 0 aliphatic carbocycles. The van der Waals surface area contributed by atoms with Crippen molar-refractivity contribution in [3.05, 3.63) is 39.9 Å². The fraction of sp³-hybridized carbons (Fsp3) is 0.455. The van der Waals surface area contributed by atoms with E-state index in [0.717, 1.165) is 6.54 Å². The predicted molar refractivity (Wildman–Crippen MR) is 72.3 cm³/mol. The van der Waals surface area contributed by atoms with Gasteiger partial charge in [-0.1, -0.05) is 12.1 Å². The summed E-state index contributed by atoms with van der Waals surface area (Å²) in [6.45, 7) is 1.11. The van der Waals surface area contributed by atoms with Crippen LogP contribution in [0.3, 0.4) is 0 Å². The smallest absolute Gasteiger partial charge is 0.269 e. The normalized spacial score (nSPS) is 11.4. The van der Waals surface area contributed by atoms with Crippen LogP contribution in [0, 0.1) is 10.1 Å². The van der Waals surface area contributed by atoms with Crippen LogP contribution in [0.15, 0.2) is 24.3 Å². The second kappa shape index (κ2) is 7.17. The van der Waals surface area contributed by atoms with Crippen LogP contribution >= 0.6 is 0 Å². The van der Waals surface area contributed by atoms with Crippen molar-refractivity contribution in [3.8, 4) is 0 Å². The highest BCUT2D eigenvalue weighted by atomic mass is 32.2. The molecule has 8 heteroatoms. The van der Waals surface area contributed by atoms with Crippen molar-refractivity contribution in [1.29, 1.82) is 0 Å². The van der Waals surface area contributed by atoms with Crippen LogP contribution in [0.2, 0.25) is 0 Å². The Hall–Kier alpha value is -1.51. The molecule has 106 valence electrons. The molecule has 0 aliphatic heterocycles. The number of non-ortho nitro benzene ring substituents is 1. The molecule has 0 saturated carbocycles. The number of sulfonamides is 1. The molecular weight excluding hydrogens is 270 g/mol. The van der Waals surface area contributed by atoms with Crippen molar-refractivity contribution in [2.45, 2.75) is 12.2 Å². The molecule has 19 heavy (non-hydrogen) atoms. The second-order valence-corrected chi connectivity index (χ2v) is 5.84. The van der Waals surface area contributed by atoms with Gasteiger partial charge in [0.25, 0.3) is 5.69 Å². The number of hydrogen-bond acceptors (Lipinski definition) is 5. The first-order chi connectivity index (χ1) is 8.94. The monoisotopic (exact) mass is 287 g/mol. The van der Waals surface area contributed by atoms with Gasteiger partial charge in [0.05, 0.1) is 10.7 Å². The van der Waals surface area contributed by atoms with Crippen molar-refractivity contribution in [2.75, 3.05) is 20.1 Å². The van der Waals surface area contributed by atoms with Gasteiger partial charge in [-0.05, 0) is 25.6 Å². The quantitative estimate of drug-likeness (QED) is 0.415. The van der Waals surface area contributed by atoms with Crippen molar-refractivity contribution >= 4 is 15.7 Å². The highest BCUT2D eigenvalue weighted by Crippen LogP contribution is 2.13. The van der Waals surface area contributed by atoms with Gasteiger partial charge in [-0.3, -0.25) is 10.1 Å². The summed E-state index contributed by atoms with van der Waals surface area (Å²) >= 11 is 0. The van der Waals surface area contributed by atoms with E-state index >= 15 is 0 Å². The minimum absolute atomic E-state index is 0.0527. The third-order valence-electron chi connectivity index (χ3n) is 2.43. The third kappa shape index (κ3) is 5.77. The number of nitro groups is 1. The van der Waals surface area contributed by atoms with Crippen LogP contribution in [-0.2, 0) is 15.8 Å². The lowest BCUT2D eigenvalue weighted by Gasteiger charge is -2.06. The summed E-state index contributed by atoms with van der Waals surface area (Å²) in [5.41, 5.74) is 0.467. The number of hydrogen-bond donors (Lipinski definition) is 2. The largest absolute Gasteiger partial charge is 0.320 e. The van der Waals surface area contributed by atoms with E-state index in [2.05, 4.69) is 10.0 Å². The van der Waals surface area contributed by atoms with Gasteiger partial charge < -0.3 is 5.32 Å². The molecule has 0 radical (unpaired) electrons. The van der Waals surface area contributed by atoms with E-state index in [4.69, 9.17) is 0 Å². The molecule has 0 saturated heterocycles. The van der Waals surface area contributed by atoms with Crippen LogP contribution in [0.1, 0.15) is 12.0 Å². The topological polar surface area (TPSA) is 101 Å². The van der Waals surface area contributed by atoms with E-state index in [1.165, 1.54) is 24.3 Å². The van der Waals surface area contributed by atoms with Gasteiger partial charge in [0.1, 0.15) is 0 Å². The van der Waals surface area contributed by atoms with Crippen LogP contribution in [0.4, 0.5) is 5.69 Å². The molecule has 0 fully saturated rings. The second-order valence-electron chi connectivity index (χ2n) is 4.03. The third-order valence-corrected chi connectivity index (χ3v) is 3.79. The lowest BCUT2D eigenvalue weighted by molar-refractivity contribution is -0.384. The summed E-state index contributed by atoms with van der Waals surface area (Å²) in [6, 6.07) is 5.49. The van der Waals surface area contributed by atoms with Crippen molar-refractivity contribution in [2.24, 2.45) is 0 Å². The van der Waals surface area contributed by atoms with E-state index in [9.17, 15) is 18.5 Å². The lowest BCUT2D eigenvalue weighted by atomic mass is 10.2. The Morgan fingerprint density at radius 1 is 1.21 bits per heavy atom. The SMILES string of the molecule is CNCCCNS(=O)(=O)Cc1ccc([N+](=O)[O-])cc1. The van der Waals surface area contributed by atoms with Gasteiger partial charge in [0.15, 0.2) is 0 Å². The van der Waals surface area contributed by atoms with E-state index in [-0.39, 0.29) is 11.4 Å². The molecular formula is C11H17N3O4S. The first kappa shape index (κ1) is 15.5. The lowest BCUT2D eigenvalue weighted by Crippen LogP contribution is -2.27. The first-order valence-corrected chi connectivity index (χ1v) is 7.45. The zero-order valence-electron chi connectivity index (χ0n) is 10.6. The molecule has 0 amide bonds. The Morgan fingerprint density at radius 2 is 1.84 bits per heavy atom. The summed E-state index contributed by atoms with van der Waals surface area (Å²) in [4.78, 5) is 9.95. The van der Waals surface area contributed by atoms with Gasteiger partial charge in [-0.25, -0.2) is 13.1 Å². The molecule has 7 nitrogen and oxygen atoms in total. The van der Waals surface area contributed by atoms with Crippen LogP contribution in [0.25, 0.3) is 0 Å². The summed E-state index contributed by atoms with van der Waals surface area (Å²) < 4.78 is 25.9. The Morgan fingerprint density at radius 3 is 2.37 bits per heavy atom. The highest BCUT2D eigenvalue weighted by molar-refractivity contribution is 7.88. The summed E-state index contributed by atoms with van der Waals surface area (Å²) in [6.07, 6.45) is 0.704. The summed E-state index contributed by atoms with van der Waals surface area (Å²) in [7, 11) is -1.60. The average molecular weight is 287 g/mol. The minimum Gasteiger partial charge on any atom is -0.320 e. The highest BCUT2D eigenvalue weighted by Gasteiger charge is 2.12. The van der Waals surface area contributed by atoms with Crippen LogP contribution < -0.4 is 10.0 Å². The number of nitro benzene ring substituents is 1. The number of nitrogens with one attached hydrogen (secondary N) is 2. The molecule has 0 spiro atoms. The number of benzene rings is 1. The van der Waals surface area contributed by atoms with Crippen molar-refractivity contribution < 1.29 is 13.3 Å². The molecule has 1 rings (SSSR count). The number of nitrogens with zero attached hydrogens (tertiary/aromatic N) is 1. The van der Waals surface area contributed by atoms with E-state index in [1.807, 2.05) is 0 Å². The predicted octanol–water partition coefficient (Wildman–Crippen LogP) is 0.624. The molecule has 0 atom stereocenters. The van der Waals surface area contributed by atoms with Gasteiger partial charge in [0, 0.05) is 18.7 Å². The Balaban J connectivity index is 2.55. The zero-order chi connectivity index (χ0) is 14.3. The molecule has 0 heterocycles. The minimum atomic E-state index is -3.40. The van der Waals surface area contributed by atoms with E-state index in [0.29, 0.717) is 18.5 Å². The molecule has 0 aliphatic rings. The maximum atomic E-state index is 11.7. The first-order valence-electron chi connectivity index (χ1n) is 5.80. The van der Waals surface area contributed by atoms with E-state index in [1.54, 1.807) is 7.05 Å². The molecule has 0 aromatic heterocycles. The molecule has 1 aromatic carbocycles. The van der Waals surface area contributed by atoms with Gasteiger partial charge in [-0.15, -0.1) is 0 Å². The fourth-order valence-corrected chi connectivity index (χ4v) is 2.67. The van der Waals surface area contributed by atoms with Crippen LogP contribution in [-0.4, -0.2) is 33.5 Å². The molecule has 0 unspecified atom stereocenters. The Bertz CT molecular complexity index is 513. The van der Waals surface area contributed by atoms with Gasteiger partial charge in [-0.2, -0.15) is 0 Å². The standard InChI is InChI=1S/C11H17N3O4S/c1-12-7-2-8-13-19(17,18)9-10-3-5-11(6-4-10)14(15)16/h3-6,12-13H,2,7-9H2,1H3. The van der Waals surface area contributed by atoms with Crippen molar-refractivity contribution in [3.63, 3.8) is 0 Å². The van der Waals surface area contributed by atoms with Crippen molar-refractivity contribution in [1.82, 2.24) is 10.0 Å². The Labute approximate surface area is 112 Å².